The van der Waals surface area contributed by atoms with Gasteiger partial charge in [0.2, 0.25) is 0 Å². The van der Waals surface area contributed by atoms with Crippen molar-refractivity contribution in [1.82, 2.24) is 10.2 Å². The Bertz CT molecular complexity index is 434. The van der Waals surface area contributed by atoms with Crippen LogP contribution in [-0.2, 0) is 0 Å². The van der Waals surface area contributed by atoms with Crippen LogP contribution in [0.1, 0.15) is 32.4 Å². The molecule has 2 rings (SSSR count). The summed E-state index contributed by atoms with van der Waals surface area (Å²) in [6, 6.07) is 6.17. The van der Waals surface area contributed by atoms with Gasteiger partial charge in [0.25, 0.3) is 0 Å². The number of benzene rings is 1. The Labute approximate surface area is 126 Å². The van der Waals surface area contributed by atoms with E-state index in [-0.39, 0.29) is 5.41 Å². The fourth-order valence-corrected chi connectivity index (χ4v) is 3.39. The third kappa shape index (κ3) is 3.63. The van der Waals surface area contributed by atoms with E-state index in [1.54, 1.807) is 0 Å². The summed E-state index contributed by atoms with van der Waals surface area (Å²) in [5, 5.41) is 4.87. The van der Waals surface area contributed by atoms with Crippen molar-refractivity contribution in [2.24, 2.45) is 5.41 Å². The van der Waals surface area contributed by atoms with Crippen molar-refractivity contribution >= 4 is 23.2 Å². The van der Waals surface area contributed by atoms with E-state index in [9.17, 15) is 0 Å². The number of piperazine rings is 1. The molecule has 1 N–H and O–H groups in total. The molecule has 0 bridgehead atoms. The van der Waals surface area contributed by atoms with Gasteiger partial charge in [-0.1, -0.05) is 50.0 Å². The van der Waals surface area contributed by atoms with Gasteiger partial charge in [0.05, 0.1) is 0 Å². The number of nitrogens with one attached hydrogen (secondary N) is 1. The van der Waals surface area contributed by atoms with Gasteiger partial charge in [-0.3, -0.25) is 4.90 Å². The van der Waals surface area contributed by atoms with Gasteiger partial charge >= 0.3 is 0 Å². The lowest BCUT2D eigenvalue weighted by Gasteiger charge is -2.43. The molecule has 1 saturated heterocycles. The lowest BCUT2D eigenvalue weighted by atomic mass is 9.81. The van der Waals surface area contributed by atoms with E-state index in [2.05, 4.69) is 37.1 Å². The van der Waals surface area contributed by atoms with Crippen LogP contribution in [0, 0.1) is 5.41 Å². The van der Waals surface area contributed by atoms with Crippen LogP contribution in [-0.4, -0.2) is 31.1 Å². The van der Waals surface area contributed by atoms with E-state index < -0.39 is 0 Å². The molecule has 0 unspecified atom stereocenters. The second-order valence-corrected chi connectivity index (χ2v) is 7.06. The quantitative estimate of drug-likeness (QED) is 0.888. The van der Waals surface area contributed by atoms with Gasteiger partial charge in [0.1, 0.15) is 0 Å². The number of rotatable bonds is 2. The molecule has 0 aliphatic carbocycles. The van der Waals surface area contributed by atoms with Gasteiger partial charge in [0, 0.05) is 42.3 Å². The molecule has 0 spiro atoms. The molecule has 0 aromatic heterocycles. The lowest BCUT2D eigenvalue weighted by Crippen LogP contribution is -2.48. The number of nitrogens with zero attached hydrogens (tertiary/aromatic N) is 1. The van der Waals surface area contributed by atoms with E-state index >= 15 is 0 Å². The molecule has 1 aliphatic heterocycles. The zero-order chi connectivity index (χ0) is 14.0. The summed E-state index contributed by atoms with van der Waals surface area (Å²) in [5.41, 5.74) is 1.31. The van der Waals surface area contributed by atoms with Crippen LogP contribution >= 0.6 is 23.2 Å². The molecule has 1 heterocycles. The molecule has 1 fully saturated rings. The van der Waals surface area contributed by atoms with Gasteiger partial charge in [-0.25, -0.2) is 0 Å². The molecular weight excluding hydrogens is 279 g/mol. The predicted octanol–water partition coefficient (Wildman–Crippen LogP) is 3.99. The molecule has 1 aromatic rings. The minimum Gasteiger partial charge on any atom is -0.314 e. The summed E-state index contributed by atoms with van der Waals surface area (Å²) in [5.74, 6) is 0. The summed E-state index contributed by atoms with van der Waals surface area (Å²) >= 11 is 12.4. The Hall–Kier alpha value is -0.280. The Morgan fingerprint density at radius 2 is 1.79 bits per heavy atom. The van der Waals surface area contributed by atoms with Crippen LogP contribution in [0.5, 0.6) is 0 Å². The van der Waals surface area contributed by atoms with Gasteiger partial charge in [-0.05, 0) is 23.1 Å². The highest BCUT2D eigenvalue weighted by Crippen LogP contribution is 2.41. The second kappa shape index (κ2) is 6.01. The molecule has 1 aliphatic rings. The van der Waals surface area contributed by atoms with E-state index in [0.29, 0.717) is 11.1 Å². The Balaban J connectivity index is 2.36. The monoisotopic (exact) mass is 300 g/mol. The summed E-state index contributed by atoms with van der Waals surface area (Å²) in [4.78, 5) is 2.52. The van der Waals surface area contributed by atoms with Gasteiger partial charge < -0.3 is 5.32 Å². The first-order chi connectivity index (χ1) is 8.89. The first-order valence-electron chi connectivity index (χ1n) is 6.79. The molecule has 19 heavy (non-hydrogen) atoms. The van der Waals surface area contributed by atoms with Crippen molar-refractivity contribution in [3.05, 3.63) is 33.8 Å². The maximum atomic E-state index is 6.42. The minimum atomic E-state index is 0.134. The zero-order valence-corrected chi connectivity index (χ0v) is 13.4. The highest BCUT2D eigenvalue weighted by atomic mass is 35.5. The Kier molecular flexibility index (Phi) is 4.78. The predicted molar refractivity (Wildman–Crippen MR) is 83.1 cm³/mol. The summed E-state index contributed by atoms with van der Waals surface area (Å²) < 4.78 is 0. The third-order valence-corrected chi connectivity index (χ3v) is 4.16. The number of hydrogen-bond acceptors (Lipinski definition) is 2. The average molecular weight is 301 g/mol. The van der Waals surface area contributed by atoms with Crippen molar-refractivity contribution in [3.8, 4) is 0 Å². The first kappa shape index (κ1) is 15.1. The van der Waals surface area contributed by atoms with Gasteiger partial charge in [-0.15, -0.1) is 0 Å². The average Bonchev–Trinajstić information content (AvgIpc) is 2.32. The summed E-state index contributed by atoms with van der Waals surface area (Å²) in [6.07, 6.45) is 0. The van der Waals surface area contributed by atoms with Crippen LogP contribution in [0.2, 0.25) is 10.0 Å². The van der Waals surface area contributed by atoms with Crippen molar-refractivity contribution in [2.75, 3.05) is 26.2 Å². The normalized spacial score (nSPS) is 19.4. The van der Waals surface area contributed by atoms with Crippen LogP contribution in [0.25, 0.3) is 0 Å². The molecular formula is C15H22Cl2N2. The Morgan fingerprint density at radius 3 is 2.32 bits per heavy atom. The van der Waals surface area contributed by atoms with Crippen LogP contribution < -0.4 is 5.32 Å². The Morgan fingerprint density at radius 1 is 1.16 bits per heavy atom. The molecule has 2 nitrogen and oxygen atoms in total. The SMILES string of the molecule is CC(C)(C)[C@@H](c1ccc(Cl)cc1Cl)N1CCNCC1. The van der Waals surface area contributed by atoms with Gasteiger partial charge in [-0.2, -0.15) is 0 Å². The maximum absolute atomic E-state index is 6.42. The zero-order valence-electron chi connectivity index (χ0n) is 11.8. The standard InChI is InChI=1S/C15H22Cl2N2/c1-15(2,3)14(19-8-6-18-7-9-19)12-5-4-11(16)10-13(12)17/h4-5,10,14,18H,6-9H2,1-3H3/t14-/m1/s1. The highest BCUT2D eigenvalue weighted by molar-refractivity contribution is 6.35. The number of halogens is 2. The molecule has 0 amide bonds. The van der Waals surface area contributed by atoms with Crippen molar-refractivity contribution < 1.29 is 0 Å². The van der Waals surface area contributed by atoms with Crippen molar-refractivity contribution in [2.45, 2.75) is 26.8 Å². The topological polar surface area (TPSA) is 15.3 Å². The molecule has 0 saturated carbocycles. The van der Waals surface area contributed by atoms with Crippen LogP contribution in [0.3, 0.4) is 0 Å². The molecule has 4 heteroatoms. The second-order valence-electron chi connectivity index (χ2n) is 6.22. The fraction of sp³-hybridized carbons (Fsp3) is 0.600. The fourth-order valence-electron chi connectivity index (χ4n) is 2.87. The van der Waals surface area contributed by atoms with Crippen molar-refractivity contribution in [3.63, 3.8) is 0 Å². The lowest BCUT2D eigenvalue weighted by molar-refractivity contribution is 0.0863. The smallest absolute Gasteiger partial charge is 0.0468 e. The number of hydrogen-bond donors (Lipinski definition) is 1. The van der Waals surface area contributed by atoms with E-state index in [4.69, 9.17) is 23.2 Å². The first-order valence-corrected chi connectivity index (χ1v) is 7.55. The van der Waals surface area contributed by atoms with E-state index in [1.165, 1.54) is 5.56 Å². The molecule has 1 atom stereocenters. The largest absolute Gasteiger partial charge is 0.314 e. The minimum absolute atomic E-state index is 0.134. The maximum Gasteiger partial charge on any atom is 0.0468 e. The van der Waals surface area contributed by atoms with Crippen LogP contribution in [0.4, 0.5) is 0 Å². The summed E-state index contributed by atoms with van der Waals surface area (Å²) in [6.45, 7) is 11.0. The third-order valence-electron chi connectivity index (χ3n) is 3.59. The molecule has 0 radical (unpaired) electrons. The van der Waals surface area contributed by atoms with Crippen LogP contribution in [0.15, 0.2) is 18.2 Å². The van der Waals surface area contributed by atoms with Crippen molar-refractivity contribution in [1.29, 1.82) is 0 Å². The van der Waals surface area contributed by atoms with E-state index in [0.717, 1.165) is 31.2 Å². The highest BCUT2D eigenvalue weighted by Gasteiger charge is 2.33. The van der Waals surface area contributed by atoms with E-state index in [1.807, 2.05) is 12.1 Å². The summed E-state index contributed by atoms with van der Waals surface area (Å²) in [7, 11) is 0. The molecule has 1 aromatic carbocycles. The molecule has 106 valence electrons. The van der Waals surface area contributed by atoms with Gasteiger partial charge in [0.15, 0.2) is 0 Å².